The predicted octanol–water partition coefficient (Wildman–Crippen LogP) is 4.20. The van der Waals surface area contributed by atoms with Crippen LogP contribution in [0, 0.1) is 0 Å². The van der Waals surface area contributed by atoms with Gasteiger partial charge in [0.25, 0.3) is 5.91 Å². The summed E-state index contributed by atoms with van der Waals surface area (Å²) in [4.78, 5) is 14.9. The first-order chi connectivity index (χ1) is 11.8. The molecule has 25 heavy (non-hydrogen) atoms. The maximum Gasteiger partial charge on any atom is 0.416 e. The zero-order chi connectivity index (χ0) is 17.8. The normalized spacial score (nSPS) is 17.6. The molecule has 1 aliphatic heterocycles. The van der Waals surface area contributed by atoms with Gasteiger partial charge < -0.3 is 0 Å². The van der Waals surface area contributed by atoms with E-state index < -0.39 is 11.7 Å². The minimum atomic E-state index is -4.43. The molecular formula is C19H14F3NOS. The highest BCUT2D eigenvalue weighted by Crippen LogP contribution is 2.34. The molecule has 2 nitrogen and oxygen atoms in total. The minimum Gasteiger partial charge on any atom is -0.298 e. The summed E-state index contributed by atoms with van der Waals surface area (Å²) >= 11 is 5.39. The smallest absolute Gasteiger partial charge is 0.298 e. The first-order valence-corrected chi connectivity index (χ1v) is 8.38. The molecule has 0 atom stereocenters. The average molecular weight is 361 g/mol. The van der Waals surface area contributed by atoms with Crippen LogP contribution in [0.15, 0.2) is 42.5 Å². The van der Waals surface area contributed by atoms with Crippen molar-refractivity contribution in [2.75, 3.05) is 0 Å². The monoisotopic (exact) mass is 361 g/mol. The molecule has 6 heteroatoms. The lowest BCUT2D eigenvalue weighted by molar-refractivity contribution is -0.137. The highest BCUT2D eigenvalue weighted by atomic mass is 32.1. The number of hydrogen-bond acceptors (Lipinski definition) is 2. The van der Waals surface area contributed by atoms with Gasteiger partial charge in [-0.25, -0.2) is 0 Å². The molecule has 0 N–H and O–H groups in total. The summed E-state index contributed by atoms with van der Waals surface area (Å²) in [6.45, 7) is 0. The van der Waals surface area contributed by atoms with Gasteiger partial charge >= 0.3 is 6.18 Å². The van der Waals surface area contributed by atoms with E-state index in [0.717, 1.165) is 25.0 Å². The van der Waals surface area contributed by atoms with Crippen LogP contribution in [-0.4, -0.2) is 21.8 Å². The molecule has 0 saturated heterocycles. The maximum absolute atomic E-state index is 12.9. The number of rotatable bonds is 1. The Bertz CT molecular complexity index is 865. The third-order valence-corrected chi connectivity index (χ3v) is 5.23. The molecule has 0 spiro atoms. The Morgan fingerprint density at radius 3 is 2.24 bits per heavy atom. The van der Waals surface area contributed by atoms with Gasteiger partial charge in [-0.1, -0.05) is 36.5 Å². The van der Waals surface area contributed by atoms with Crippen molar-refractivity contribution in [2.45, 2.75) is 31.5 Å². The highest BCUT2D eigenvalue weighted by molar-refractivity contribution is 7.80. The van der Waals surface area contributed by atoms with E-state index in [1.54, 1.807) is 4.90 Å². The van der Waals surface area contributed by atoms with Gasteiger partial charge in [0.2, 0.25) is 0 Å². The number of fused-ring (bicyclic) bond motifs is 2. The summed E-state index contributed by atoms with van der Waals surface area (Å²) in [5.74, 6) is -0.294. The van der Waals surface area contributed by atoms with Gasteiger partial charge in [0, 0.05) is 18.0 Å². The topological polar surface area (TPSA) is 20.3 Å². The van der Waals surface area contributed by atoms with E-state index in [1.807, 2.05) is 24.3 Å². The molecule has 1 heterocycles. The largest absolute Gasteiger partial charge is 0.416 e. The second kappa shape index (κ2) is 5.66. The van der Waals surface area contributed by atoms with Gasteiger partial charge in [0.05, 0.1) is 10.6 Å². The van der Waals surface area contributed by atoms with Crippen LogP contribution in [0.4, 0.5) is 13.2 Å². The van der Waals surface area contributed by atoms with Gasteiger partial charge in [0.15, 0.2) is 0 Å². The minimum absolute atomic E-state index is 0.0622. The molecule has 128 valence electrons. The summed E-state index contributed by atoms with van der Waals surface area (Å²) in [7, 11) is 0. The van der Waals surface area contributed by atoms with Crippen LogP contribution in [0.1, 0.15) is 32.6 Å². The number of alkyl halides is 3. The van der Waals surface area contributed by atoms with Crippen LogP contribution in [0.25, 0.3) is 0 Å². The Labute approximate surface area is 148 Å². The Morgan fingerprint density at radius 1 is 1.00 bits per heavy atom. The van der Waals surface area contributed by atoms with Gasteiger partial charge in [-0.2, -0.15) is 13.2 Å². The molecular weight excluding hydrogens is 347 g/mol. The van der Waals surface area contributed by atoms with Crippen LogP contribution in [-0.2, 0) is 25.4 Å². The van der Waals surface area contributed by atoms with Crippen molar-refractivity contribution < 1.29 is 18.0 Å². The number of benzene rings is 2. The number of halogens is 3. The molecule has 2 aromatic rings. The molecule has 1 aliphatic carbocycles. The van der Waals surface area contributed by atoms with E-state index in [4.69, 9.17) is 12.2 Å². The Kier molecular flexibility index (Phi) is 3.68. The molecule has 0 aromatic heterocycles. The zero-order valence-electron chi connectivity index (χ0n) is 13.1. The van der Waals surface area contributed by atoms with E-state index in [2.05, 4.69) is 0 Å². The second-order valence-corrected chi connectivity index (χ2v) is 6.92. The van der Waals surface area contributed by atoms with E-state index in [1.165, 1.54) is 17.2 Å². The van der Waals surface area contributed by atoms with Crippen LogP contribution in [0.2, 0.25) is 0 Å². The SMILES string of the molecule is O=C1c2ccc(C(F)(F)F)cc2CC(=S)N1C1Cc2ccccc2C1. The standard InChI is InChI=1S/C19H14F3NOS/c20-19(21,22)14-5-6-16-13(7-14)10-17(25)23(18(16)24)15-8-11-3-1-2-4-12(11)9-15/h1-7,15H,8-10H2. The van der Waals surface area contributed by atoms with Crippen LogP contribution in [0.5, 0.6) is 0 Å². The fourth-order valence-electron chi connectivity index (χ4n) is 3.70. The molecule has 2 aromatic carbocycles. The lowest BCUT2D eigenvalue weighted by atomic mass is 9.94. The summed E-state index contributed by atoms with van der Waals surface area (Å²) in [6, 6.07) is 11.2. The maximum atomic E-state index is 12.9. The Hall–Kier alpha value is -2.21. The second-order valence-electron chi connectivity index (χ2n) is 6.45. The molecule has 0 radical (unpaired) electrons. The third-order valence-electron chi connectivity index (χ3n) is 4.89. The van der Waals surface area contributed by atoms with Crippen molar-refractivity contribution in [1.29, 1.82) is 0 Å². The van der Waals surface area contributed by atoms with E-state index >= 15 is 0 Å². The molecule has 1 amide bonds. The van der Waals surface area contributed by atoms with E-state index in [0.29, 0.717) is 16.1 Å². The van der Waals surface area contributed by atoms with E-state index in [9.17, 15) is 18.0 Å². The first-order valence-electron chi connectivity index (χ1n) is 7.98. The van der Waals surface area contributed by atoms with Crippen molar-refractivity contribution in [3.8, 4) is 0 Å². The zero-order valence-corrected chi connectivity index (χ0v) is 14.0. The van der Waals surface area contributed by atoms with Gasteiger partial charge in [-0.05, 0) is 47.7 Å². The highest BCUT2D eigenvalue weighted by Gasteiger charge is 2.38. The molecule has 2 aliphatic rings. The summed E-state index contributed by atoms with van der Waals surface area (Å²) in [5.41, 5.74) is 2.32. The van der Waals surface area contributed by atoms with Crippen LogP contribution < -0.4 is 0 Å². The van der Waals surface area contributed by atoms with Crippen LogP contribution >= 0.6 is 12.2 Å². The number of amides is 1. The third kappa shape index (κ3) is 2.74. The van der Waals surface area contributed by atoms with Gasteiger partial charge in [0.1, 0.15) is 0 Å². The number of thiocarbonyl (C=S) groups is 1. The number of nitrogens with zero attached hydrogens (tertiary/aromatic N) is 1. The van der Waals surface area contributed by atoms with Crippen molar-refractivity contribution in [3.05, 3.63) is 70.3 Å². The first kappa shape index (κ1) is 16.3. The van der Waals surface area contributed by atoms with Crippen molar-refractivity contribution in [2.24, 2.45) is 0 Å². The number of carbonyl (C=O) groups is 1. The van der Waals surface area contributed by atoms with Crippen molar-refractivity contribution in [1.82, 2.24) is 4.90 Å². The predicted molar refractivity (Wildman–Crippen MR) is 91.6 cm³/mol. The average Bonchev–Trinajstić information content (AvgIpc) is 2.96. The summed E-state index contributed by atoms with van der Waals surface area (Å²) in [6.07, 6.45) is -2.80. The fraction of sp³-hybridized carbons (Fsp3) is 0.263. The summed E-state index contributed by atoms with van der Waals surface area (Å²) < 4.78 is 38.7. The lowest BCUT2D eigenvalue weighted by Gasteiger charge is -2.34. The van der Waals surface area contributed by atoms with Gasteiger partial charge in [-0.15, -0.1) is 0 Å². The van der Waals surface area contributed by atoms with Gasteiger partial charge in [-0.3, -0.25) is 9.69 Å². The molecule has 0 fully saturated rings. The Balaban J connectivity index is 1.66. The Morgan fingerprint density at radius 2 is 1.64 bits per heavy atom. The quantitative estimate of drug-likeness (QED) is 0.710. The molecule has 0 bridgehead atoms. The fourth-order valence-corrected chi connectivity index (χ4v) is 4.09. The number of carbonyl (C=O) groups excluding carboxylic acids is 1. The lowest BCUT2D eigenvalue weighted by Crippen LogP contribution is -2.48. The van der Waals surface area contributed by atoms with E-state index in [-0.39, 0.29) is 18.4 Å². The molecule has 0 unspecified atom stereocenters. The van der Waals surface area contributed by atoms with Crippen LogP contribution in [0.3, 0.4) is 0 Å². The van der Waals surface area contributed by atoms with Crippen molar-refractivity contribution >= 4 is 23.1 Å². The summed E-state index contributed by atoms with van der Waals surface area (Å²) in [5, 5.41) is 0. The van der Waals surface area contributed by atoms with Crippen molar-refractivity contribution in [3.63, 3.8) is 0 Å². The molecule has 0 saturated carbocycles. The molecule has 4 rings (SSSR count). The number of hydrogen-bond donors (Lipinski definition) is 0.